The fraction of sp³-hybridized carbons (Fsp3) is 0.917. The lowest BCUT2D eigenvalue weighted by molar-refractivity contribution is 0.474. The summed E-state index contributed by atoms with van der Waals surface area (Å²) in [4.78, 5) is 7.00. The van der Waals surface area contributed by atoms with Gasteiger partial charge < -0.3 is 4.90 Å². The Morgan fingerprint density at radius 3 is 2.33 bits per heavy atom. The first-order valence-corrected chi connectivity index (χ1v) is 6.20. The van der Waals surface area contributed by atoms with E-state index >= 15 is 0 Å². The van der Waals surface area contributed by atoms with Gasteiger partial charge in [0.25, 0.3) is 0 Å². The average molecular weight is 213 g/mol. The van der Waals surface area contributed by atoms with E-state index < -0.39 is 0 Å². The minimum Gasteiger partial charge on any atom is -0.364 e. The number of nitrogens with zero attached hydrogens (tertiary/aromatic N) is 2. The molecule has 90 valence electrons. The van der Waals surface area contributed by atoms with Gasteiger partial charge in [0, 0.05) is 20.0 Å². The first kappa shape index (κ1) is 14.4. The van der Waals surface area contributed by atoms with Gasteiger partial charge in [0.15, 0.2) is 0 Å². The molecule has 0 spiro atoms. The smallest absolute Gasteiger partial charge is 0.101 e. The van der Waals surface area contributed by atoms with Crippen molar-refractivity contribution < 1.29 is 0 Å². The van der Waals surface area contributed by atoms with Crippen LogP contribution in [0.15, 0.2) is 4.99 Å². The Kier molecular flexibility index (Phi) is 8.38. The summed E-state index contributed by atoms with van der Waals surface area (Å²) in [5, 5.41) is 3.41. The summed E-state index contributed by atoms with van der Waals surface area (Å²) in [6, 6.07) is 0. The van der Waals surface area contributed by atoms with Crippen LogP contribution in [0.25, 0.3) is 0 Å². The second-order valence-corrected chi connectivity index (χ2v) is 3.78. The van der Waals surface area contributed by atoms with Crippen molar-refractivity contribution in [3.8, 4) is 0 Å². The summed E-state index contributed by atoms with van der Waals surface area (Å²) >= 11 is 0. The highest BCUT2D eigenvalue weighted by Gasteiger charge is 2.07. The van der Waals surface area contributed by atoms with Gasteiger partial charge in [-0.25, -0.2) is 0 Å². The molecule has 0 aliphatic carbocycles. The predicted molar refractivity (Wildman–Crippen MR) is 68.4 cm³/mol. The molecule has 0 saturated heterocycles. The number of hydrogen-bond donors (Lipinski definition) is 1. The van der Waals surface area contributed by atoms with Gasteiger partial charge in [0.1, 0.15) is 12.0 Å². The molecule has 0 bridgehead atoms. The van der Waals surface area contributed by atoms with Crippen LogP contribution in [0.3, 0.4) is 0 Å². The molecule has 0 aliphatic heterocycles. The summed E-state index contributed by atoms with van der Waals surface area (Å²) in [6.45, 7) is 10.7. The van der Waals surface area contributed by atoms with Crippen LogP contribution in [-0.2, 0) is 0 Å². The van der Waals surface area contributed by atoms with E-state index in [0.29, 0.717) is 6.17 Å². The lowest BCUT2D eigenvalue weighted by Gasteiger charge is -2.21. The van der Waals surface area contributed by atoms with Crippen LogP contribution in [0.5, 0.6) is 0 Å². The van der Waals surface area contributed by atoms with Gasteiger partial charge in [0.05, 0.1) is 0 Å². The zero-order valence-corrected chi connectivity index (χ0v) is 11.0. The molecule has 0 heterocycles. The summed E-state index contributed by atoms with van der Waals surface area (Å²) in [6.07, 6.45) is 3.60. The Morgan fingerprint density at radius 1 is 1.27 bits per heavy atom. The van der Waals surface area contributed by atoms with Gasteiger partial charge >= 0.3 is 0 Å². The summed E-state index contributed by atoms with van der Waals surface area (Å²) < 4.78 is 0. The first-order chi connectivity index (χ1) is 7.19. The number of rotatable bonds is 7. The maximum atomic E-state index is 4.78. The molecule has 0 aromatic rings. The fourth-order valence-corrected chi connectivity index (χ4v) is 1.54. The van der Waals surface area contributed by atoms with Crippen molar-refractivity contribution in [3.63, 3.8) is 0 Å². The first-order valence-electron chi connectivity index (χ1n) is 6.20. The van der Waals surface area contributed by atoms with Crippen molar-refractivity contribution in [2.24, 2.45) is 4.99 Å². The molecule has 0 amide bonds. The third-order valence-electron chi connectivity index (χ3n) is 2.54. The van der Waals surface area contributed by atoms with Crippen LogP contribution in [0.1, 0.15) is 47.0 Å². The Hall–Kier alpha value is -0.570. The van der Waals surface area contributed by atoms with Crippen LogP contribution in [0, 0.1) is 0 Å². The minimum atomic E-state index is 0.295. The summed E-state index contributed by atoms with van der Waals surface area (Å²) in [5.41, 5.74) is 0. The van der Waals surface area contributed by atoms with E-state index in [1.165, 1.54) is 12.3 Å². The molecule has 0 rings (SSSR count). The highest BCUT2D eigenvalue weighted by Crippen LogP contribution is 2.02. The molecule has 0 aromatic carbocycles. The van der Waals surface area contributed by atoms with E-state index in [0.717, 1.165) is 25.9 Å². The predicted octanol–water partition coefficient (Wildman–Crippen LogP) is 2.48. The Labute approximate surface area is 95.0 Å². The van der Waals surface area contributed by atoms with Crippen LogP contribution in [0.2, 0.25) is 0 Å². The molecular formula is C12H27N3. The van der Waals surface area contributed by atoms with Crippen LogP contribution in [-0.4, -0.2) is 37.0 Å². The maximum Gasteiger partial charge on any atom is 0.101 e. The van der Waals surface area contributed by atoms with Crippen molar-refractivity contribution in [2.75, 3.05) is 20.1 Å². The van der Waals surface area contributed by atoms with Crippen molar-refractivity contribution in [1.29, 1.82) is 0 Å². The third kappa shape index (κ3) is 5.78. The van der Waals surface area contributed by atoms with Gasteiger partial charge in [-0.05, 0) is 19.9 Å². The quantitative estimate of drug-likeness (QED) is 0.520. The monoisotopic (exact) mass is 213 g/mol. The highest BCUT2D eigenvalue weighted by atomic mass is 15.2. The van der Waals surface area contributed by atoms with E-state index in [1.807, 2.05) is 0 Å². The normalized spacial score (nSPS) is 14.1. The third-order valence-corrected chi connectivity index (χ3v) is 2.54. The molecule has 1 atom stereocenters. The van der Waals surface area contributed by atoms with Gasteiger partial charge in [-0.1, -0.05) is 27.2 Å². The largest absolute Gasteiger partial charge is 0.364 e. The van der Waals surface area contributed by atoms with E-state index in [-0.39, 0.29) is 0 Å². The van der Waals surface area contributed by atoms with Crippen LogP contribution < -0.4 is 5.32 Å². The molecule has 15 heavy (non-hydrogen) atoms. The van der Waals surface area contributed by atoms with E-state index in [1.54, 1.807) is 0 Å². The Morgan fingerprint density at radius 2 is 1.93 bits per heavy atom. The summed E-state index contributed by atoms with van der Waals surface area (Å²) in [5.74, 6) is 1.21. The van der Waals surface area contributed by atoms with Crippen molar-refractivity contribution in [2.45, 2.75) is 53.1 Å². The standard InChI is InChI=1S/C12H27N3/c1-6-10-11(13-8-3)14-12(7-2)15(5)9-4/h11,13H,6-10H2,1-5H3/b14-12-. The summed E-state index contributed by atoms with van der Waals surface area (Å²) in [7, 11) is 2.11. The van der Waals surface area contributed by atoms with Gasteiger partial charge in [-0.2, -0.15) is 0 Å². The van der Waals surface area contributed by atoms with Gasteiger partial charge in [-0.3, -0.25) is 10.3 Å². The van der Waals surface area contributed by atoms with Crippen LogP contribution >= 0.6 is 0 Å². The van der Waals surface area contributed by atoms with E-state index in [4.69, 9.17) is 4.99 Å². The topological polar surface area (TPSA) is 27.6 Å². The maximum absolute atomic E-state index is 4.78. The van der Waals surface area contributed by atoms with E-state index in [9.17, 15) is 0 Å². The van der Waals surface area contributed by atoms with Crippen molar-refractivity contribution >= 4 is 5.84 Å². The second-order valence-electron chi connectivity index (χ2n) is 3.78. The highest BCUT2D eigenvalue weighted by molar-refractivity contribution is 5.81. The molecule has 0 aromatic heterocycles. The average Bonchev–Trinajstić information content (AvgIpc) is 2.25. The lowest BCUT2D eigenvalue weighted by Crippen LogP contribution is -2.32. The van der Waals surface area contributed by atoms with Gasteiger partial charge in [0.2, 0.25) is 0 Å². The number of hydrogen-bond acceptors (Lipinski definition) is 2. The molecule has 0 radical (unpaired) electrons. The zero-order chi connectivity index (χ0) is 11.7. The number of nitrogens with one attached hydrogen (secondary N) is 1. The molecule has 0 fully saturated rings. The lowest BCUT2D eigenvalue weighted by atomic mass is 10.2. The van der Waals surface area contributed by atoms with Crippen molar-refractivity contribution in [1.82, 2.24) is 10.2 Å². The molecule has 1 N–H and O–H groups in total. The Balaban J connectivity index is 4.43. The molecular weight excluding hydrogens is 186 g/mol. The number of aliphatic imine (C=N–C) groups is 1. The SMILES string of the molecule is CCCC(/N=C(/CC)N(C)CC)NCC. The zero-order valence-electron chi connectivity index (χ0n) is 11.0. The molecule has 0 saturated carbocycles. The second kappa shape index (κ2) is 8.72. The molecule has 3 nitrogen and oxygen atoms in total. The molecule has 3 heteroatoms. The van der Waals surface area contributed by atoms with Gasteiger partial charge in [-0.15, -0.1) is 0 Å². The Bertz CT molecular complexity index is 172. The molecule has 0 aliphatic rings. The minimum absolute atomic E-state index is 0.295. The van der Waals surface area contributed by atoms with E-state index in [2.05, 4.69) is 45.0 Å². The van der Waals surface area contributed by atoms with Crippen LogP contribution in [0.4, 0.5) is 0 Å². The molecule has 1 unspecified atom stereocenters. The number of amidine groups is 1. The fourth-order valence-electron chi connectivity index (χ4n) is 1.54. The van der Waals surface area contributed by atoms with Crippen molar-refractivity contribution in [3.05, 3.63) is 0 Å².